The zero-order valence-corrected chi connectivity index (χ0v) is 23.2. The average molecular weight is 573 g/mol. The molecule has 10 heteroatoms. The van der Waals surface area contributed by atoms with E-state index in [0.29, 0.717) is 0 Å². The van der Waals surface area contributed by atoms with E-state index in [-0.39, 0.29) is 38.8 Å². The number of aliphatic carboxylic acids is 1. The maximum Gasteiger partial charge on any atom is 0.407 e. The number of fused-ring (bicyclic) bond motifs is 3. The van der Waals surface area contributed by atoms with Crippen LogP contribution in [0.4, 0.5) is 4.79 Å². The largest absolute Gasteiger partial charge is 0.479 e. The lowest BCUT2D eigenvalue weighted by molar-refractivity contribution is -0.159. The summed E-state index contributed by atoms with van der Waals surface area (Å²) in [5, 5.41) is 12.4. The first-order chi connectivity index (χ1) is 20.3. The maximum atomic E-state index is 13.6. The van der Waals surface area contributed by atoms with Crippen LogP contribution in [0.2, 0.25) is 0 Å². The molecule has 10 nitrogen and oxygen atoms in total. The van der Waals surface area contributed by atoms with Gasteiger partial charge in [0.15, 0.2) is 5.54 Å². The molecule has 0 saturated carbocycles. The highest BCUT2D eigenvalue weighted by atomic mass is 16.6. The molecule has 1 unspecified atom stereocenters. The molecule has 0 radical (unpaired) electrons. The van der Waals surface area contributed by atoms with Crippen molar-refractivity contribution in [2.45, 2.75) is 36.9 Å². The molecule has 2 aliphatic rings. The van der Waals surface area contributed by atoms with Gasteiger partial charge in [0, 0.05) is 26.0 Å². The molecule has 0 aromatic heterocycles. The molecule has 3 aromatic rings. The lowest BCUT2D eigenvalue weighted by atomic mass is 9.95. The third-order valence-electron chi connectivity index (χ3n) is 7.92. The Bertz CT molecular complexity index is 1420. The van der Waals surface area contributed by atoms with Crippen molar-refractivity contribution in [1.82, 2.24) is 10.2 Å². The molecule has 1 fully saturated rings. The van der Waals surface area contributed by atoms with Crippen LogP contribution in [0.3, 0.4) is 0 Å². The zero-order valence-electron chi connectivity index (χ0n) is 23.2. The molecule has 2 atom stereocenters. The Hall–Kier alpha value is -4.70. The number of amides is 2. The summed E-state index contributed by atoms with van der Waals surface area (Å²) in [6.07, 6.45) is -1.36. The van der Waals surface area contributed by atoms with Crippen LogP contribution in [-0.4, -0.2) is 72.4 Å². The van der Waals surface area contributed by atoms with E-state index in [4.69, 9.17) is 14.2 Å². The second kappa shape index (κ2) is 12.4. The number of esters is 1. The van der Waals surface area contributed by atoms with Gasteiger partial charge < -0.3 is 29.5 Å². The Morgan fingerprint density at radius 3 is 2.17 bits per heavy atom. The monoisotopic (exact) mass is 572 g/mol. The van der Waals surface area contributed by atoms with Crippen LogP contribution in [0.15, 0.2) is 78.9 Å². The van der Waals surface area contributed by atoms with Gasteiger partial charge in [0.05, 0.1) is 13.0 Å². The summed E-state index contributed by atoms with van der Waals surface area (Å²) in [4.78, 5) is 52.6. The van der Waals surface area contributed by atoms with Gasteiger partial charge in [-0.3, -0.25) is 9.59 Å². The molecule has 0 spiro atoms. The molecule has 2 N–H and O–H groups in total. The molecule has 1 aliphatic heterocycles. The topological polar surface area (TPSA) is 131 Å². The Balaban J connectivity index is 1.29. The van der Waals surface area contributed by atoms with Crippen molar-refractivity contribution in [3.05, 3.63) is 95.6 Å². The van der Waals surface area contributed by atoms with E-state index in [9.17, 15) is 24.3 Å². The summed E-state index contributed by atoms with van der Waals surface area (Å²) in [5.74, 6) is -2.95. The molecular formula is C32H32N2O8. The third-order valence-corrected chi connectivity index (χ3v) is 7.92. The van der Waals surface area contributed by atoms with Gasteiger partial charge in [-0.05, 0) is 27.8 Å². The van der Waals surface area contributed by atoms with Crippen molar-refractivity contribution in [3.8, 4) is 11.1 Å². The molecule has 3 aromatic carbocycles. The SMILES string of the molecule is CN(C(=O)[C@H](CC(=O)OCc1ccccc1)NC(=O)OCC1c2ccccc2-c2ccccc21)C1(C(=O)O)CCOC1. The van der Waals surface area contributed by atoms with E-state index >= 15 is 0 Å². The smallest absolute Gasteiger partial charge is 0.407 e. The van der Waals surface area contributed by atoms with Crippen LogP contribution in [0.1, 0.15) is 35.4 Å². The van der Waals surface area contributed by atoms with Crippen molar-refractivity contribution < 1.29 is 38.5 Å². The van der Waals surface area contributed by atoms with Crippen LogP contribution in [0.25, 0.3) is 11.1 Å². The number of rotatable bonds is 10. The van der Waals surface area contributed by atoms with Crippen molar-refractivity contribution >= 4 is 23.9 Å². The molecule has 42 heavy (non-hydrogen) atoms. The molecule has 5 rings (SSSR count). The number of carbonyl (C=O) groups excluding carboxylic acids is 3. The summed E-state index contributed by atoms with van der Waals surface area (Å²) >= 11 is 0. The second-order valence-corrected chi connectivity index (χ2v) is 10.4. The summed E-state index contributed by atoms with van der Waals surface area (Å²) in [6.45, 7) is -0.0650. The van der Waals surface area contributed by atoms with Crippen LogP contribution in [0.5, 0.6) is 0 Å². The predicted molar refractivity (Wildman–Crippen MR) is 151 cm³/mol. The van der Waals surface area contributed by atoms with E-state index in [2.05, 4.69) is 5.32 Å². The Morgan fingerprint density at radius 2 is 1.57 bits per heavy atom. The first kappa shape index (κ1) is 28.8. The predicted octanol–water partition coefficient (Wildman–Crippen LogP) is 3.73. The minimum absolute atomic E-state index is 0.00195. The quantitative estimate of drug-likeness (QED) is 0.352. The number of carbonyl (C=O) groups is 4. The minimum atomic E-state index is -1.62. The number of nitrogens with zero attached hydrogens (tertiary/aromatic N) is 1. The highest BCUT2D eigenvalue weighted by Crippen LogP contribution is 2.44. The van der Waals surface area contributed by atoms with Gasteiger partial charge in [-0.1, -0.05) is 78.9 Å². The van der Waals surface area contributed by atoms with Crippen LogP contribution < -0.4 is 5.32 Å². The standard InChI is InChI=1S/C32H32N2O8/c1-34(32(30(37)38)15-16-40-20-32)29(36)27(17-28(35)41-18-21-9-3-2-4-10-21)33-31(39)42-19-26-24-13-7-5-11-22(24)23-12-6-8-14-25(23)26/h2-14,26-27H,15-20H2,1H3,(H,33,39)(H,37,38)/t27-,32?/m0/s1. The number of carboxylic acid groups (broad SMARTS) is 1. The van der Waals surface area contributed by atoms with Crippen molar-refractivity contribution in [2.24, 2.45) is 0 Å². The van der Waals surface area contributed by atoms with Gasteiger partial charge in [-0.25, -0.2) is 9.59 Å². The van der Waals surface area contributed by atoms with Crippen molar-refractivity contribution in [2.75, 3.05) is 26.9 Å². The van der Waals surface area contributed by atoms with Crippen LogP contribution in [-0.2, 0) is 35.2 Å². The first-order valence-electron chi connectivity index (χ1n) is 13.7. The average Bonchev–Trinajstić information content (AvgIpc) is 3.63. The molecule has 0 bridgehead atoms. The number of likely N-dealkylation sites (N-methyl/N-ethyl adjacent to an activating group) is 1. The lowest BCUT2D eigenvalue weighted by Crippen LogP contribution is -2.60. The number of benzene rings is 3. The molecule has 1 heterocycles. The third kappa shape index (κ3) is 5.84. The number of alkyl carbamates (subject to hydrolysis) is 1. The Labute approximate surface area is 243 Å². The Morgan fingerprint density at radius 1 is 0.952 bits per heavy atom. The van der Waals surface area contributed by atoms with Crippen molar-refractivity contribution in [1.29, 1.82) is 0 Å². The summed E-state index contributed by atoms with van der Waals surface area (Å²) in [6, 6.07) is 23.4. The first-order valence-corrected chi connectivity index (χ1v) is 13.7. The normalized spacial score (nSPS) is 17.9. The van der Waals surface area contributed by atoms with E-state index in [1.807, 2.05) is 54.6 Å². The molecule has 218 valence electrons. The molecule has 2 amide bonds. The summed E-state index contributed by atoms with van der Waals surface area (Å²) < 4.78 is 16.2. The number of hydrogen-bond donors (Lipinski definition) is 2. The van der Waals surface area contributed by atoms with Gasteiger partial charge in [0.2, 0.25) is 5.91 Å². The van der Waals surface area contributed by atoms with Gasteiger partial charge in [-0.2, -0.15) is 0 Å². The fraction of sp³-hybridized carbons (Fsp3) is 0.312. The van der Waals surface area contributed by atoms with Crippen LogP contribution in [0, 0.1) is 0 Å². The van der Waals surface area contributed by atoms with E-state index in [1.165, 1.54) is 7.05 Å². The van der Waals surface area contributed by atoms with Gasteiger partial charge in [-0.15, -0.1) is 0 Å². The van der Waals surface area contributed by atoms with E-state index in [0.717, 1.165) is 32.7 Å². The molecular weight excluding hydrogens is 540 g/mol. The number of ether oxygens (including phenoxy) is 3. The molecule has 1 aliphatic carbocycles. The number of carboxylic acids is 1. The second-order valence-electron chi connectivity index (χ2n) is 10.4. The van der Waals surface area contributed by atoms with Gasteiger partial charge >= 0.3 is 18.0 Å². The van der Waals surface area contributed by atoms with E-state index in [1.54, 1.807) is 24.3 Å². The highest BCUT2D eigenvalue weighted by molar-refractivity contribution is 5.93. The lowest BCUT2D eigenvalue weighted by Gasteiger charge is -2.35. The van der Waals surface area contributed by atoms with Gasteiger partial charge in [0.25, 0.3) is 0 Å². The fourth-order valence-corrected chi connectivity index (χ4v) is 5.52. The highest BCUT2D eigenvalue weighted by Gasteiger charge is 2.49. The maximum absolute atomic E-state index is 13.6. The van der Waals surface area contributed by atoms with Crippen molar-refractivity contribution in [3.63, 3.8) is 0 Å². The van der Waals surface area contributed by atoms with Gasteiger partial charge in [0.1, 0.15) is 19.3 Å². The summed E-state index contributed by atoms with van der Waals surface area (Å²) in [5.41, 5.74) is 3.31. The number of hydrogen-bond acceptors (Lipinski definition) is 7. The zero-order chi connectivity index (χ0) is 29.7. The van der Waals surface area contributed by atoms with Crippen LogP contribution >= 0.6 is 0 Å². The number of nitrogens with one attached hydrogen (secondary N) is 1. The molecule has 1 saturated heterocycles. The summed E-state index contributed by atoms with van der Waals surface area (Å²) in [7, 11) is 1.33. The fourth-order valence-electron chi connectivity index (χ4n) is 5.52. The Kier molecular flexibility index (Phi) is 8.53. The minimum Gasteiger partial charge on any atom is -0.479 e. The van der Waals surface area contributed by atoms with E-state index < -0.39 is 41.9 Å².